The van der Waals surface area contributed by atoms with E-state index in [-0.39, 0.29) is 6.10 Å². The Kier molecular flexibility index (Phi) is 4.37. The minimum Gasteiger partial charge on any atom is -0.488 e. The number of esters is 1. The molecule has 4 nitrogen and oxygen atoms in total. The third-order valence-electron chi connectivity index (χ3n) is 2.68. The van der Waals surface area contributed by atoms with Crippen molar-refractivity contribution in [3.8, 4) is 5.75 Å². The third-order valence-corrected chi connectivity index (χ3v) is 2.68. The summed E-state index contributed by atoms with van der Waals surface area (Å²) in [7, 11) is 1.34. The van der Waals surface area contributed by atoms with Gasteiger partial charge in [-0.05, 0) is 31.0 Å². The van der Waals surface area contributed by atoms with Crippen LogP contribution in [0.1, 0.15) is 31.1 Å². The fourth-order valence-electron chi connectivity index (χ4n) is 1.24. The van der Waals surface area contributed by atoms with E-state index in [1.807, 2.05) is 6.92 Å². The lowest BCUT2D eigenvalue weighted by Gasteiger charge is -2.19. The maximum absolute atomic E-state index is 11.3. The first-order chi connectivity index (χ1) is 7.95. The van der Waals surface area contributed by atoms with Crippen molar-refractivity contribution in [1.82, 2.24) is 0 Å². The Balaban J connectivity index is 2.87. The van der Waals surface area contributed by atoms with Gasteiger partial charge in [0.25, 0.3) is 0 Å². The molecule has 1 unspecified atom stereocenters. The molecule has 1 aromatic carbocycles. The van der Waals surface area contributed by atoms with Gasteiger partial charge in [0.15, 0.2) is 0 Å². The van der Waals surface area contributed by atoms with Crippen LogP contribution in [0.5, 0.6) is 5.75 Å². The third kappa shape index (κ3) is 3.37. The summed E-state index contributed by atoms with van der Waals surface area (Å²) in [5, 5.41) is 0. The molecule has 0 fully saturated rings. The van der Waals surface area contributed by atoms with E-state index in [1.54, 1.807) is 18.2 Å². The Morgan fingerprint density at radius 3 is 2.41 bits per heavy atom. The highest BCUT2D eigenvalue weighted by Gasteiger charge is 2.13. The molecule has 0 aromatic heterocycles. The Morgan fingerprint density at radius 1 is 1.29 bits per heavy atom. The van der Waals surface area contributed by atoms with Crippen LogP contribution in [-0.4, -0.2) is 19.2 Å². The molecule has 2 N–H and O–H groups in total. The highest BCUT2D eigenvalue weighted by molar-refractivity contribution is 5.90. The van der Waals surface area contributed by atoms with Crippen molar-refractivity contribution in [2.24, 2.45) is 5.92 Å². The Morgan fingerprint density at radius 2 is 1.94 bits per heavy atom. The van der Waals surface area contributed by atoms with E-state index in [4.69, 9.17) is 10.5 Å². The van der Waals surface area contributed by atoms with Crippen LogP contribution >= 0.6 is 0 Å². The second-order valence-corrected chi connectivity index (χ2v) is 4.31. The highest BCUT2D eigenvalue weighted by Crippen LogP contribution is 2.25. The quantitative estimate of drug-likeness (QED) is 0.645. The molecule has 0 spiro atoms. The van der Waals surface area contributed by atoms with Crippen LogP contribution in [0.3, 0.4) is 0 Å². The molecule has 0 aliphatic carbocycles. The smallest absolute Gasteiger partial charge is 0.337 e. The van der Waals surface area contributed by atoms with E-state index in [1.165, 1.54) is 7.11 Å². The van der Waals surface area contributed by atoms with Gasteiger partial charge in [-0.1, -0.05) is 13.8 Å². The van der Waals surface area contributed by atoms with Gasteiger partial charge in [-0.2, -0.15) is 0 Å². The minimum atomic E-state index is -0.403. The average molecular weight is 237 g/mol. The predicted molar refractivity (Wildman–Crippen MR) is 67.1 cm³/mol. The summed E-state index contributed by atoms with van der Waals surface area (Å²) < 4.78 is 10.3. The molecule has 0 heterocycles. The lowest BCUT2D eigenvalue weighted by molar-refractivity contribution is 0.0600. The zero-order chi connectivity index (χ0) is 13.0. The Bertz CT molecular complexity index is 402. The average Bonchev–Trinajstić information content (AvgIpc) is 2.30. The molecule has 4 heteroatoms. The molecule has 0 saturated carbocycles. The van der Waals surface area contributed by atoms with E-state index in [2.05, 4.69) is 18.6 Å². The summed E-state index contributed by atoms with van der Waals surface area (Å²) in [4.78, 5) is 11.3. The maximum atomic E-state index is 11.3. The van der Waals surface area contributed by atoms with Gasteiger partial charge in [0, 0.05) is 0 Å². The summed E-state index contributed by atoms with van der Waals surface area (Å²) in [5.41, 5.74) is 6.70. The van der Waals surface area contributed by atoms with Crippen molar-refractivity contribution in [2.45, 2.75) is 26.9 Å². The summed E-state index contributed by atoms with van der Waals surface area (Å²) >= 11 is 0. The maximum Gasteiger partial charge on any atom is 0.337 e. The number of nitrogen functional groups attached to an aromatic ring is 1. The molecular weight excluding hydrogens is 218 g/mol. The van der Waals surface area contributed by atoms with Crippen LogP contribution in [0.4, 0.5) is 5.69 Å². The molecule has 0 saturated heterocycles. The molecule has 0 aliphatic heterocycles. The first-order valence-corrected chi connectivity index (χ1v) is 5.60. The lowest BCUT2D eigenvalue weighted by Crippen LogP contribution is -2.19. The molecule has 94 valence electrons. The van der Waals surface area contributed by atoms with Crippen molar-refractivity contribution >= 4 is 11.7 Å². The number of hydrogen-bond acceptors (Lipinski definition) is 4. The summed E-state index contributed by atoms with van der Waals surface area (Å²) in [6, 6.07) is 4.90. The number of carbonyl (C=O) groups excluding carboxylic acids is 1. The zero-order valence-corrected chi connectivity index (χ0v) is 10.7. The van der Waals surface area contributed by atoms with Gasteiger partial charge in [0.1, 0.15) is 5.75 Å². The number of nitrogens with two attached hydrogens (primary N) is 1. The number of anilines is 1. The van der Waals surface area contributed by atoms with Gasteiger partial charge in [-0.3, -0.25) is 0 Å². The van der Waals surface area contributed by atoms with Gasteiger partial charge in [-0.15, -0.1) is 0 Å². The topological polar surface area (TPSA) is 61.5 Å². The van der Waals surface area contributed by atoms with E-state index in [0.29, 0.717) is 22.9 Å². The van der Waals surface area contributed by atoms with E-state index < -0.39 is 5.97 Å². The van der Waals surface area contributed by atoms with Crippen LogP contribution in [0.2, 0.25) is 0 Å². The van der Waals surface area contributed by atoms with Crippen LogP contribution < -0.4 is 10.5 Å². The van der Waals surface area contributed by atoms with Crippen LogP contribution in [-0.2, 0) is 4.74 Å². The van der Waals surface area contributed by atoms with E-state index in [0.717, 1.165) is 0 Å². The van der Waals surface area contributed by atoms with Crippen molar-refractivity contribution < 1.29 is 14.3 Å². The molecular formula is C13H19NO3. The largest absolute Gasteiger partial charge is 0.488 e. The van der Waals surface area contributed by atoms with Crippen LogP contribution in [0, 0.1) is 5.92 Å². The SMILES string of the molecule is COC(=O)c1ccc(OC(C)C(C)C)c(N)c1. The second kappa shape index (κ2) is 5.57. The van der Waals surface area contributed by atoms with Crippen LogP contribution in [0.15, 0.2) is 18.2 Å². The molecule has 0 bridgehead atoms. The second-order valence-electron chi connectivity index (χ2n) is 4.31. The van der Waals surface area contributed by atoms with E-state index >= 15 is 0 Å². The first-order valence-electron chi connectivity index (χ1n) is 5.60. The fourth-order valence-corrected chi connectivity index (χ4v) is 1.24. The van der Waals surface area contributed by atoms with Crippen LogP contribution in [0.25, 0.3) is 0 Å². The number of benzene rings is 1. The molecule has 0 amide bonds. The summed E-state index contributed by atoms with van der Waals surface area (Å²) in [6.07, 6.45) is 0.0706. The minimum absolute atomic E-state index is 0.0706. The number of rotatable bonds is 4. The number of ether oxygens (including phenoxy) is 2. The molecule has 1 rings (SSSR count). The summed E-state index contributed by atoms with van der Waals surface area (Å²) in [6.45, 7) is 6.13. The van der Waals surface area contributed by atoms with Gasteiger partial charge >= 0.3 is 5.97 Å². The van der Waals surface area contributed by atoms with Gasteiger partial charge < -0.3 is 15.2 Å². The Hall–Kier alpha value is -1.71. The number of hydrogen-bond donors (Lipinski definition) is 1. The normalized spacial score (nSPS) is 12.3. The lowest BCUT2D eigenvalue weighted by atomic mass is 10.1. The highest BCUT2D eigenvalue weighted by atomic mass is 16.5. The molecule has 0 aliphatic rings. The first kappa shape index (κ1) is 13.4. The summed E-state index contributed by atoms with van der Waals surface area (Å²) in [5.74, 6) is 0.591. The van der Waals surface area contributed by atoms with Crippen molar-refractivity contribution in [1.29, 1.82) is 0 Å². The molecule has 1 atom stereocenters. The van der Waals surface area contributed by atoms with Gasteiger partial charge in [0.05, 0.1) is 24.5 Å². The monoisotopic (exact) mass is 237 g/mol. The fraction of sp³-hybridized carbons (Fsp3) is 0.462. The van der Waals surface area contributed by atoms with Crippen molar-refractivity contribution in [3.63, 3.8) is 0 Å². The van der Waals surface area contributed by atoms with Gasteiger partial charge in [-0.25, -0.2) is 4.79 Å². The number of carbonyl (C=O) groups is 1. The molecule has 0 radical (unpaired) electrons. The standard InChI is InChI=1S/C13H19NO3/c1-8(2)9(3)17-12-6-5-10(7-11(12)14)13(15)16-4/h5-9H,14H2,1-4H3. The Labute approximate surface area is 102 Å². The molecule has 1 aromatic rings. The number of methoxy groups -OCH3 is 1. The van der Waals surface area contributed by atoms with Gasteiger partial charge in [0.2, 0.25) is 0 Å². The van der Waals surface area contributed by atoms with E-state index in [9.17, 15) is 4.79 Å². The van der Waals surface area contributed by atoms with Crippen molar-refractivity contribution in [2.75, 3.05) is 12.8 Å². The zero-order valence-electron chi connectivity index (χ0n) is 10.7. The predicted octanol–water partition coefficient (Wildman–Crippen LogP) is 2.48. The molecule has 17 heavy (non-hydrogen) atoms. The van der Waals surface area contributed by atoms with Crippen molar-refractivity contribution in [3.05, 3.63) is 23.8 Å².